The van der Waals surface area contributed by atoms with Gasteiger partial charge in [0.2, 0.25) is 0 Å². The predicted octanol–water partition coefficient (Wildman–Crippen LogP) is 3.68. The van der Waals surface area contributed by atoms with Gasteiger partial charge in [0.1, 0.15) is 11.7 Å². The van der Waals surface area contributed by atoms with Gasteiger partial charge in [0, 0.05) is 11.8 Å². The van der Waals surface area contributed by atoms with Gasteiger partial charge in [-0.1, -0.05) is 42.5 Å². The van der Waals surface area contributed by atoms with Crippen LogP contribution >= 0.6 is 0 Å². The smallest absolute Gasteiger partial charge is 0.416 e. The van der Waals surface area contributed by atoms with E-state index in [-0.39, 0.29) is 17.7 Å². The van der Waals surface area contributed by atoms with Crippen molar-refractivity contribution in [2.24, 2.45) is 0 Å². The number of rotatable bonds is 5. The van der Waals surface area contributed by atoms with Crippen LogP contribution in [-0.2, 0) is 17.4 Å². The number of carbonyl (C=O) groups is 2. The number of aromatic nitrogens is 1. The van der Waals surface area contributed by atoms with Gasteiger partial charge in [0.15, 0.2) is 0 Å². The number of benzene rings is 2. The molecule has 8 heteroatoms. The van der Waals surface area contributed by atoms with E-state index in [1.165, 1.54) is 18.2 Å². The highest BCUT2D eigenvalue weighted by atomic mass is 19.4. The van der Waals surface area contributed by atoms with Gasteiger partial charge in [-0.15, -0.1) is 0 Å². The molecule has 0 aliphatic carbocycles. The molecule has 5 nitrogen and oxygen atoms in total. The molecule has 3 rings (SSSR count). The highest BCUT2D eigenvalue weighted by Crippen LogP contribution is 2.29. The van der Waals surface area contributed by atoms with E-state index in [9.17, 15) is 27.9 Å². The fourth-order valence-corrected chi connectivity index (χ4v) is 2.74. The van der Waals surface area contributed by atoms with E-state index in [0.29, 0.717) is 5.52 Å². The van der Waals surface area contributed by atoms with Crippen LogP contribution in [0.2, 0.25) is 0 Å². The molecule has 1 atom stereocenters. The lowest BCUT2D eigenvalue weighted by molar-refractivity contribution is -0.139. The van der Waals surface area contributed by atoms with Crippen molar-refractivity contribution < 1.29 is 27.9 Å². The minimum atomic E-state index is -4.53. The summed E-state index contributed by atoms with van der Waals surface area (Å²) in [6.45, 7) is 0. The Hall–Kier alpha value is -3.42. The summed E-state index contributed by atoms with van der Waals surface area (Å²) in [4.78, 5) is 28.1. The summed E-state index contributed by atoms with van der Waals surface area (Å²) < 4.78 is 38.5. The van der Waals surface area contributed by atoms with Gasteiger partial charge in [-0.3, -0.25) is 4.79 Å². The lowest BCUT2D eigenvalue weighted by atomic mass is 10.0. The summed E-state index contributed by atoms with van der Waals surface area (Å²) in [7, 11) is 0. The Morgan fingerprint density at radius 1 is 1.04 bits per heavy atom. The SMILES string of the molecule is O=C(N[C@H](Cc1cccc(C(F)(F)F)c1)C(=O)O)c1ccc2ccccc2n1. The van der Waals surface area contributed by atoms with E-state index in [1.807, 2.05) is 12.1 Å². The number of alkyl halides is 3. The van der Waals surface area contributed by atoms with Crippen LogP contribution in [0.4, 0.5) is 13.2 Å². The minimum absolute atomic E-state index is 0.0222. The first-order chi connectivity index (χ1) is 13.2. The average molecular weight is 388 g/mol. The molecule has 0 saturated carbocycles. The van der Waals surface area contributed by atoms with Crippen molar-refractivity contribution in [2.45, 2.75) is 18.6 Å². The number of nitrogens with one attached hydrogen (secondary N) is 1. The van der Waals surface area contributed by atoms with E-state index in [1.54, 1.807) is 18.2 Å². The molecule has 2 N–H and O–H groups in total. The molecule has 1 amide bonds. The van der Waals surface area contributed by atoms with Gasteiger partial charge in [0.05, 0.1) is 11.1 Å². The molecule has 0 aliphatic heterocycles. The number of aliphatic carboxylic acids is 1. The molecule has 2 aromatic carbocycles. The summed E-state index contributed by atoms with van der Waals surface area (Å²) in [5, 5.41) is 12.5. The molecule has 0 radical (unpaired) electrons. The normalized spacial score (nSPS) is 12.5. The number of fused-ring (bicyclic) bond motifs is 1. The third-order valence-electron chi connectivity index (χ3n) is 4.13. The zero-order chi connectivity index (χ0) is 20.3. The maximum Gasteiger partial charge on any atom is 0.416 e. The molecular formula is C20H15F3N2O3. The Morgan fingerprint density at radius 3 is 2.50 bits per heavy atom. The molecule has 1 aromatic heterocycles. The van der Waals surface area contributed by atoms with Crippen molar-refractivity contribution in [1.82, 2.24) is 10.3 Å². The molecule has 0 saturated heterocycles. The Kier molecular flexibility index (Phi) is 5.30. The van der Waals surface area contributed by atoms with E-state index in [4.69, 9.17) is 0 Å². The van der Waals surface area contributed by atoms with Gasteiger partial charge in [-0.25, -0.2) is 9.78 Å². The topological polar surface area (TPSA) is 79.3 Å². The number of carboxylic acid groups (broad SMARTS) is 1. The Bertz CT molecular complexity index is 1030. The average Bonchev–Trinajstić information content (AvgIpc) is 2.66. The molecule has 0 aliphatic rings. The Morgan fingerprint density at radius 2 is 1.79 bits per heavy atom. The van der Waals surface area contributed by atoms with Crippen molar-refractivity contribution >= 4 is 22.8 Å². The molecule has 3 aromatic rings. The van der Waals surface area contributed by atoms with Crippen LogP contribution in [0.3, 0.4) is 0 Å². The molecule has 1 heterocycles. The predicted molar refractivity (Wildman–Crippen MR) is 95.8 cm³/mol. The van der Waals surface area contributed by atoms with Crippen molar-refractivity contribution in [3.8, 4) is 0 Å². The fraction of sp³-hybridized carbons (Fsp3) is 0.150. The zero-order valence-corrected chi connectivity index (χ0v) is 14.4. The minimum Gasteiger partial charge on any atom is -0.480 e. The van der Waals surface area contributed by atoms with Crippen molar-refractivity contribution in [2.75, 3.05) is 0 Å². The zero-order valence-electron chi connectivity index (χ0n) is 14.4. The van der Waals surface area contributed by atoms with Crippen molar-refractivity contribution in [1.29, 1.82) is 0 Å². The number of halogens is 3. The second kappa shape index (κ2) is 7.67. The lowest BCUT2D eigenvalue weighted by Crippen LogP contribution is -2.42. The second-order valence-electron chi connectivity index (χ2n) is 6.16. The van der Waals surface area contributed by atoms with Gasteiger partial charge in [-0.05, 0) is 23.8 Å². The first-order valence-electron chi connectivity index (χ1n) is 8.29. The first-order valence-corrected chi connectivity index (χ1v) is 8.29. The number of pyridine rings is 1. The van der Waals surface area contributed by atoms with Gasteiger partial charge in [0.25, 0.3) is 5.91 Å². The summed E-state index contributed by atoms with van der Waals surface area (Å²) in [6, 6.07) is 13.2. The number of carboxylic acids is 1. The summed E-state index contributed by atoms with van der Waals surface area (Å²) in [5.41, 5.74) is -0.139. The summed E-state index contributed by atoms with van der Waals surface area (Å²) in [6.07, 6.45) is -4.83. The lowest BCUT2D eigenvalue weighted by Gasteiger charge is -2.15. The maximum atomic E-state index is 12.8. The standard InChI is InChI=1S/C20H15F3N2O3/c21-20(22,23)14-6-3-4-12(10-14)11-17(19(27)28)25-18(26)16-9-8-13-5-1-2-7-15(13)24-16/h1-10,17H,11H2,(H,25,26)(H,27,28)/t17-/m1/s1. The van der Waals surface area contributed by atoms with Gasteiger partial charge in [-0.2, -0.15) is 13.2 Å². The Labute approximate surface area is 157 Å². The molecule has 0 fully saturated rings. The maximum absolute atomic E-state index is 12.8. The molecule has 144 valence electrons. The van der Waals surface area contributed by atoms with Crippen LogP contribution in [0, 0.1) is 0 Å². The van der Waals surface area contributed by atoms with Gasteiger partial charge >= 0.3 is 12.1 Å². The largest absolute Gasteiger partial charge is 0.480 e. The van der Waals surface area contributed by atoms with Crippen LogP contribution in [0.5, 0.6) is 0 Å². The number of hydrogen-bond donors (Lipinski definition) is 2. The molecular weight excluding hydrogens is 373 g/mol. The van der Waals surface area contributed by atoms with Crippen LogP contribution in [-0.4, -0.2) is 28.0 Å². The molecule has 0 spiro atoms. The van der Waals surface area contributed by atoms with Crippen LogP contribution in [0.15, 0.2) is 60.7 Å². The summed E-state index contributed by atoms with van der Waals surface area (Å²) in [5.74, 6) is -2.07. The van der Waals surface area contributed by atoms with E-state index in [0.717, 1.165) is 17.5 Å². The van der Waals surface area contributed by atoms with Crippen LogP contribution < -0.4 is 5.32 Å². The van der Waals surface area contributed by atoms with Crippen molar-refractivity contribution in [3.05, 3.63) is 77.5 Å². The second-order valence-corrected chi connectivity index (χ2v) is 6.16. The van der Waals surface area contributed by atoms with Crippen LogP contribution in [0.25, 0.3) is 10.9 Å². The fourth-order valence-electron chi connectivity index (χ4n) is 2.74. The molecule has 0 bridgehead atoms. The highest BCUT2D eigenvalue weighted by molar-refractivity contribution is 5.97. The molecule has 0 unspecified atom stereocenters. The number of para-hydroxylation sites is 1. The highest BCUT2D eigenvalue weighted by Gasteiger charge is 2.31. The third-order valence-corrected chi connectivity index (χ3v) is 4.13. The van der Waals surface area contributed by atoms with E-state index < -0.39 is 29.7 Å². The first kappa shape index (κ1) is 19.3. The quantitative estimate of drug-likeness (QED) is 0.699. The summed E-state index contributed by atoms with van der Waals surface area (Å²) >= 11 is 0. The van der Waals surface area contributed by atoms with E-state index in [2.05, 4.69) is 10.3 Å². The number of amides is 1. The monoisotopic (exact) mass is 388 g/mol. The Balaban J connectivity index is 1.79. The number of nitrogens with zero attached hydrogens (tertiary/aromatic N) is 1. The van der Waals surface area contributed by atoms with Crippen molar-refractivity contribution in [3.63, 3.8) is 0 Å². The van der Waals surface area contributed by atoms with E-state index >= 15 is 0 Å². The van der Waals surface area contributed by atoms with Crippen LogP contribution in [0.1, 0.15) is 21.6 Å². The number of hydrogen-bond acceptors (Lipinski definition) is 3. The third kappa shape index (κ3) is 4.46. The van der Waals surface area contributed by atoms with Gasteiger partial charge < -0.3 is 10.4 Å². The number of carbonyl (C=O) groups excluding carboxylic acids is 1. The molecule has 28 heavy (non-hydrogen) atoms.